The molecule has 2 atom stereocenters. The highest BCUT2D eigenvalue weighted by Crippen LogP contribution is 2.52. The van der Waals surface area contributed by atoms with Crippen LogP contribution in [0, 0.1) is 5.82 Å². The summed E-state index contributed by atoms with van der Waals surface area (Å²) in [4.78, 5) is 13.3. The van der Waals surface area contributed by atoms with Gasteiger partial charge in [-0.15, -0.1) is 8.78 Å². The smallest absolute Gasteiger partial charge is 0.395 e. The van der Waals surface area contributed by atoms with Gasteiger partial charge in [-0.3, -0.25) is 4.79 Å². The van der Waals surface area contributed by atoms with Crippen molar-refractivity contribution in [2.45, 2.75) is 69.8 Å². The minimum atomic E-state index is -3.76. The monoisotopic (exact) mass is 518 g/mol. The van der Waals surface area contributed by atoms with Gasteiger partial charge in [-0.05, 0) is 49.6 Å². The van der Waals surface area contributed by atoms with Crippen LogP contribution in [-0.2, 0) is 15.6 Å². The second kappa shape index (κ2) is 8.39. The fraction of sp³-hybridized carbons (Fsp3) is 0.444. The Morgan fingerprint density at radius 3 is 2.43 bits per heavy atom. The minimum absolute atomic E-state index is 0.0102. The zero-order chi connectivity index (χ0) is 26.9. The van der Waals surface area contributed by atoms with Crippen LogP contribution >= 0.6 is 0 Å². The second-order valence-corrected chi connectivity index (χ2v) is 10.9. The molecule has 1 unspecified atom stereocenters. The van der Waals surface area contributed by atoms with Crippen LogP contribution in [0.15, 0.2) is 36.4 Å². The number of anilines is 1. The van der Waals surface area contributed by atoms with E-state index in [1.165, 1.54) is 18.2 Å². The molecule has 0 radical (unpaired) electrons. The van der Waals surface area contributed by atoms with Crippen LogP contribution in [0.1, 0.15) is 57.8 Å². The first-order valence-corrected chi connectivity index (χ1v) is 12.1. The van der Waals surface area contributed by atoms with Crippen molar-refractivity contribution in [2.24, 2.45) is 0 Å². The number of hydrogen-bond acceptors (Lipinski definition) is 5. The number of benzene rings is 2. The molecule has 2 heterocycles. The van der Waals surface area contributed by atoms with E-state index in [9.17, 15) is 23.8 Å². The van der Waals surface area contributed by atoms with Crippen molar-refractivity contribution in [1.82, 2.24) is 4.57 Å². The lowest BCUT2D eigenvalue weighted by molar-refractivity contribution is -0.286. The average Bonchev–Trinajstić information content (AvgIpc) is 3.45. The molecule has 1 aromatic heterocycles. The summed E-state index contributed by atoms with van der Waals surface area (Å²) >= 11 is 0. The standard InChI is InChI=1S/C27H29F3N2O5/c1-14(20(34)13-33)32-19-12-17(28)18(9-15(19)10-23(32)25(2,3)4)31-24(35)26(7-8-26)16-5-6-21-22(11-16)37-27(29,30)36-21/h5-6,9-12,14,20,33-34H,7-8,13H2,1-4H3,(H,31,35)/t14?,20-/m1/s1. The van der Waals surface area contributed by atoms with Crippen molar-refractivity contribution in [1.29, 1.82) is 0 Å². The summed E-state index contributed by atoms with van der Waals surface area (Å²) < 4.78 is 52.9. The molecule has 10 heteroatoms. The van der Waals surface area contributed by atoms with Crippen LogP contribution < -0.4 is 14.8 Å². The molecule has 1 saturated carbocycles. The van der Waals surface area contributed by atoms with Gasteiger partial charge in [0.1, 0.15) is 5.82 Å². The number of nitrogens with one attached hydrogen (secondary N) is 1. The van der Waals surface area contributed by atoms with Crippen LogP contribution in [0.5, 0.6) is 11.5 Å². The van der Waals surface area contributed by atoms with Crippen molar-refractivity contribution in [3.8, 4) is 11.5 Å². The molecule has 7 nitrogen and oxygen atoms in total. The van der Waals surface area contributed by atoms with E-state index in [2.05, 4.69) is 14.8 Å². The third kappa shape index (κ3) is 4.31. The molecule has 2 aliphatic rings. The van der Waals surface area contributed by atoms with Gasteiger partial charge in [0.05, 0.1) is 35.4 Å². The number of alkyl halides is 2. The van der Waals surface area contributed by atoms with Crippen molar-refractivity contribution in [3.05, 3.63) is 53.5 Å². The number of aromatic nitrogens is 1. The number of ether oxygens (including phenoxy) is 2. The maximum atomic E-state index is 15.3. The molecule has 0 spiro atoms. The van der Waals surface area contributed by atoms with Gasteiger partial charge in [0.2, 0.25) is 5.91 Å². The Kier molecular flexibility index (Phi) is 5.76. The fourth-order valence-electron chi connectivity index (χ4n) is 4.95. The maximum absolute atomic E-state index is 15.3. The first-order chi connectivity index (χ1) is 17.3. The van der Waals surface area contributed by atoms with E-state index < -0.39 is 42.2 Å². The van der Waals surface area contributed by atoms with Gasteiger partial charge in [0, 0.05) is 22.6 Å². The number of carbonyl (C=O) groups is 1. The van der Waals surface area contributed by atoms with E-state index in [0.29, 0.717) is 29.3 Å². The number of carbonyl (C=O) groups excluding carboxylic acids is 1. The summed E-state index contributed by atoms with van der Waals surface area (Å²) in [7, 11) is 0. The molecule has 198 valence electrons. The molecule has 37 heavy (non-hydrogen) atoms. The van der Waals surface area contributed by atoms with Crippen molar-refractivity contribution in [2.75, 3.05) is 11.9 Å². The Labute approximate surface area is 211 Å². The number of nitrogens with zero attached hydrogens (tertiary/aromatic N) is 1. The molecule has 0 bridgehead atoms. The first kappa shape index (κ1) is 25.4. The summed E-state index contributed by atoms with van der Waals surface area (Å²) in [6.45, 7) is 7.29. The molecule has 1 aliphatic carbocycles. The van der Waals surface area contributed by atoms with Gasteiger partial charge in [-0.2, -0.15) is 0 Å². The van der Waals surface area contributed by atoms with E-state index in [4.69, 9.17) is 0 Å². The molecule has 1 amide bonds. The quantitative estimate of drug-likeness (QED) is 0.428. The van der Waals surface area contributed by atoms with Gasteiger partial charge in [0.25, 0.3) is 0 Å². The van der Waals surface area contributed by atoms with Gasteiger partial charge in [0.15, 0.2) is 11.5 Å². The molecule has 0 saturated heterocycles. The summed E-state index contributed by atoms with van der Waals surface area (Å²) in [6.07, 6.45) is -3.86. The van der Waals surface area contributed by atoms with Crippen LogP contribution in [-0.4, -0.2) is 39.7 Å². The molecular formula is C27H29F3N2O5. The summed E-state index contributed by atoms with van der Waals surface area (Å²) in [5.74, 6) is -1.37. The Morgan fingerprint density at radius 2 is 1.81 bits per heavy atom. The number of aliphatic hydroxyl groups is 2. The Bertz CT molecular complexity index is 1390. The number of halogens is 3. The number of aliphatic hydroxyl groups excluding tert-OH is 2. The highest BCUT2D eigenvalue weighted by molar-refractivity contribution is 6.03. The lowest BCUT2D eigenvalue weighted by Crippen LogP contribution is -2.29. The zero-order valence-electron chi connectivity index (χ0n) is 20.9. The third-order valence-corrected chi connectivity index (χ3v) is 7.23. The van der Waals surface area contributed by atoms with E-state index in [0.717, 1.165) is 5.69 Å². The van der Waals surface area contributed by atoms with E-state index in [1.54, 1.807) is 19.1 Å². The van der Waals surface area contributed by atoms with Crippen LogP contribution in [0.25, 0.3) is 10.9 Å². The highest BCUT2D eigenvalue weighted by Gasteiger charge is 2.53. The topological polar surface area (TPSA) is 93.0 Å². The number of fused-ring (bicyclic) bond motifs is 2. The van der Waals surface area contributed by atoms with Crippen molar-refractivity contribution in [3.63, 3.8) is 0 Å². The molecule has 3 aromatic rings. The maximum Gasteiger partial charge on any atom is 0.586 e. The lowest BCUT2D eigenvalue weighted by Gasteiger charge is -2.28. The number of hydrogen-bond donors (Lipinski definition) is 3. The van der Waals surface area contributed by atoms with E-state index in [-0.39, 0.29) is 22.6 Å². The van der Waals surface area contributed by atoms with Gasteiger partial charge < -0.3 is 29.6 Å². The van der Waals surface area contributed by atoms with Crippen molar-refractivity contribution >= 4 is 22.5 Å². The summed E-state index contributed by atoms with van der Waals surface area (Å²) in [6, 6.07) is 8.46. The van der Waals surface area contributed by atoms with Crippen LogP contribution in [0.3, 0.4) is 0 Å². The average molecular weight is 519 g/mol. The second-order valence-electron chi connectivity index (χ2n) is 10.9. The number of amides is 1. The predicted molar refractivity (Wildman–Crippen MR) is 131 cm³/mol. The Hall–Kier alpha value is -3.24. The largest absolute Gasteiger partial charge is 0.586 e. The van der Waals surface area contributed by atoms with E-state index >= 15 is 4.39 Å². The lowest BCUT2D eigenvalue weighted by atomic mass is 9.91. The molecule has 3 N–H and O–H groups in total. The van der Waals surface area contributed by atoms with Gasteiger partial charge in [-0.1, -0.05) is 26.8 Å². The minimum Gasteiger partial charge on any atom is -0.395 e. The Balaban J connectivity index is 1.48. The normalized spacial score (nSPS) is 19.1. The molecule has 1 aliphatic heterocycles. The SMILES string of the molecule is CC([C@H](O)CO)n1c(C(C)(C)C)cc2cc(NC(=O)C3(c4ccc5c(c4)OC(F)(F)O5)CC3)c(F)cc21. The first-order valence-electron chi connectivity index (χ1n) is 12.1. The number of rotatable bonds is 6. The molecule has 5 rings (SSSR count). The summed E-state index contributed by atoms with van der Waals surface area (Å²) in [5.41, 5.74) is 0.499. The van der Waals surface area contributed by atoms with Gasteiger partial charge in [-0.25, -0.2) is 4.39 Å². The fourth-order valence-corrected chi connectivity index (χ4v) is 4.95. The molecule has 1 fully saturated rings. The molecular weight excluding hydrogens is 489 g/mol. The van der Waals surface area contributed by atoms with E-state index in [1.807, 2.05) is 31.4 Å². The zero-order valence-corrected chi connectivity index (χ0v) is 20.9. The van der Waals surface area contributed by atoms with Crippen molar-refractivity contribution < 1.29 is 37.7 Å². The third-order valence-electron chi connectivity index (χ3n) is 7.23. The van der Waals surface area contributed by atoms with Gasteiger partial charge >= 0.3 is 6.29 Å². The Morgan fingerprint density at radius 1 is 1.14 bits per heavy atom. The molecule has 2 aromatic carbocycles. The summed E-state index contributed by atoms with van der Waals surface area (Å²) in [5, 5.41) is 23.1. The van der Waals surface area contributed by atoms with Crippen LogP contribution in [0.4, 0.5) is 18.9 Å². The highest BCUT2D eigenvalue weighted by atomic mass is 19.3. The predicted octanol–water partition coefficient (Wildman–Crippen LogP) is 4.98. The van der Waals surface area contributed by atoms with Crippen LogP contribution in [0.2, 0.25) is 0 Å².